The molecule has 1 aliphatic rings. The zero-order valence-electron chi connectivity index (χ0n) is 21.6. The summed E-state index contributed by atoms with van der Waals surface area (Å²) in [6.45, 7) is 12.7. The lowest BCUT2D eigenvalue weighted by Gasteiger charge is -2.20. The molecule has 2 N–H and O–H groups in total. The number of alkyl carbamates (subject to hydrolysis) is 1. The van der Waals surface area contributed by atoms with Gasteiger partial charge in [0.1, 0.15) is 5.60 Å². The highest BCUT2D eigenvalue weighted by molar-refractivity contribution is 5.71. The zero-order chi connectivity index (χ0) is 25.3. The second kappa shape index (κ2) is 12.7. The van der Waals surface area contributed by atoms with Gasteiger partial charge in [0.2, 0.25) is 0 Å². The van der Waals surface area contributed by atoms with Gasteiger partial charge in [-0.3, -0.25) is 4.90 Å². The number of nitrogens with zero attached hydrogens (tertiary/aromatic N) is 3. The van der Waals surface area contributed by atoms with Crippen LogP contribution in [-0.4, -0.2) is 67.8 Å². The number of nitriles is 1. The Morgan fingerprint density at radius 1 is 1.03 bits per heavy atom. The molecule has 7 heteroatoms. The van der Waals surface area contributed by atoms with E-state index in [2.05, 4.69) is 69.9 Å². The first-order valence-electron chi connectivity index (χ1n) is 12.4. The summed E-state index contributed by atoms with van der Waals surface area (Å²) < 4.78 is 5.23. The van der Waals surface area contributed by atoms with Crippen molar-refractivity contribution in [3.8, 4) is 17.2 Å². The van der Waals surface area contributed by atoms with E-state index in [-0.39, 0.29) is 0 Å². The van der Waals surface area contributed by atoms with Crippen LogP contribution in [0.2, 0.25) is 0 Å². The van der Waals surface area contributed by atoms with Gasteiger partial charge >= 0.3 is 6.09 Å². The van der Waals surface area contributed by atoms with Crippen molar-refractivity contribution < 1.29 is 9.53 Å². The number of likely N-dealkylation sites (N-methyl/N-ethyl adjacent to an activating group) is 1. The quantitative estimate of drug-likeness (QED) is 0.560. The number of benzene rings is 2. The van der Waals surface area contributed by atoms with E-state index in [1.54, 1.807) is 0 Å². The van der Waals surface area contributed by atoms with Gasteiger partial charge < -0.3 is 20.3 Å². The fourth-order valence-electron chi connectivity index (χ4n) is 4.15. The van der Waals surface area contributed by atoms with Gasteiger partial charge in [0, 0.05) is 39.3 Å². The van der Waals surface area contributed by atoms with Gasteiger partial charge in [0.05, 0.1) is 11.6 Å². The predicted octanol–water partition coefficient (Wildman–Crippen LogP) is 3.98. The molecule has 188 valence electrons. The minimum absolute atomic E-state index is 0.401. The number of ether oxygens (including phenoxy) is 1. The van der Waals surface area contributed by atoms with Crippen LogP contribution >= 0.6 is 0 Å². The Balaban J connectivity index is 1.51. The molecule has 1 aliphatic heterocycles. The van der Waals surface area contributed by atoms with Crippen molar-refractivity contribution in [3.63, 3.8) is 0 Å². The predicted molar refractivity (Wildman–Crippen MR) is 140 cm³/mol. The topological polar surface area (TPSA) is 80.6 Å². The van der Waals surface area contributed by atoms with E-state index in [1.807, 2.05) is 26.8 Å². The van der Waals surface area contributed by atoms with Gasteiger partial charge in [-0.05, 0) is 75.6 Å². The number of carbonyl (C=O) groups excluding carboxylic acids is 1. The monoisotopic (exact) mass is 477 g/mol. The summed E-state index contributed by atoms with van der Waals surface area (Å²) in [6.07, 6.45) is 0.781. The van der Waals surface area contributed by atoms with Crippen LogP contribution in [0, 0.1) is 11.3 Å². The van der Waals surface area contributed by atoms with E-state index >= 15 is 0 Å². The summed E-state index contributed by atoms with van der Waals surface area (Å²) in [5.41, 5.74) is 4.57. The van der Waals surface area contributed by atoms with E-state index in [1.165, 1.54) is 12.0 Å². The second-order valence-electron chi connectivity index (χ2n) is 10.2. The molecule has 0 spiro atoms. The van der Waals surface area contributed by atoms with Crippen molar-refractivity contribution in [2.24, 2.45) is 0 Å². The molecule has 1 amide bonds. The lowest BCUT2D eigenvalue weighted by Crippen LogP contribution is -2.36. The molecule has 2 aromatic rings. The fourth-order valence-corrected chi connectivity index (χ4v) is 4.15. The molecule has 3 rings (SSSR count). The van der Waals surface area contributed by atoms with Crippen LogP contribution in [0.15, 0.2) is 42.5 Å². The Hall–Kier alpha value is -2.92. The first-order valence-corrected chi connectivity index (χ1v) is 12.4. The van der Waals surface area contributed by atoms with E-state index in [0.717, 1.165) is 49.4 Å². The highest BCUT2D eigenvalue weighted by atomic mass is 16.6. The average Bonchev–Trinajstić information content (AvgIpc) is 3.02. The number of amides is 1. The summed E-state index contributed by atoms with van der Waals surface area (Å²) in [7, 11) is 2.18. The third kappa shape index (κ3) is 8.99. The van der Waals surface area contributed by atoms with Gasteiger partial charge in [0.15, 0.2) is 0 Å². The molecule has 1 saturated heterocycles. The molecule has 1 fully saturated rings. The largest absolute Gasteiger partial charge is 0.444 e. The Morgan fingerprint density at radius 3 is 2.49 bits per heavy atom. The number of hydrogen-bond acceptors (Lipinski definition) is 6. The Kier molecular flexibility index (Phi) is 9.67. The lowest BCUT2D eigenvalue weighted by atomic mass is 9.97. The Labute approximate surface area is 210 Å². The van der Waals surface area contributed by atoms with Gasteiger partial charge in [-0.15, -0.1) is 0 Å². The SMILES string of the molecule is CN1CCCN(Cc2ccc(-c3ccc(CNCCNC(=O)OC(C)(C)C)cc3)c(C#N)c2)CC1. The van der Waals surface area contributed by atoms with Crippen LogP contribution in [0.5, 0.6) is 0 Å². The van der Waals surface area contributed by atoms with Crippen LogP contribution in [0.25, 0.3) is 11.1 Å². The fraction of sp³-hybridized carbons (Fsp3) is 0.500. The van der Waals surface area contributed by atoms with Crippen LogP contribution in [0.4, 0.5) is 4.79 Å². The number of nitrogens with one attached hydrogen (secondary N) is 2. The smallest absolute Gasteiger partial charge is 0.407 e. The van der Waals surface area contributed by atoms with E-state index in [0.29, 0.717) is 25.2 Å². The molecule has 2 aromatic carbocycles. The van der Waals surface area contributed by atoms with Crippen molar-refractivity contribution in [1.82, 2.24) is 20.4 Å². The molecular formula is C28H39N5O2. The van der Waals surface area contributed by atoms with Gasteiger partial charge in [-0.2, -0.15) is 5.26 Å². The molecule has 0 atom stereocenters. The summed E-state index contributed by atoms with van der Waals surface area (Å²) in [5.74, 6) is 0. The highest BCUT2D eigenvalue weighted by Crippen LogP contribution is 2.25. The molecule has 0 unspecified atom stereocenters. The number of hydrogen-bond donors (Lipinski definition) is 2. The third-order valence-corrected chi connectivity index (χ3v) is 5.99. The highest BCUT2D eigenvalue weighted by Gasteiger charge is 2.16. The maximum Gasteiger partial charge on any atom is 0.407 e. The molecule has 0 saturated carbocycles. The van der Waals surface area contributed by atoms with Gasteiger partial charge in [-0.25, -0.2) is 4.79 Å². The van der Waals surface area contributed by atoms with Gasteiger partial charge in [0.25, 0.3) is 0 Å². The van der Waals surface area contributed by atoms with Crippen molar-refractivity contribution in [2.45, 2.75) is 45.9 Å². The maximum atomic E-state index is 11.7. The van der Waals surface area contributed by atoms with Crippen LogP contribution in [0.3, 0.4) is 0 Å². The lowest BCUT2D eigenvalue weighted by molar-refractivity contribution is 0.0528. The molecule has 0 aliphatic carbocycles. The van der Waals surface area contributed by atoms with Crippen molar-refractivity contribution >= 4 is 6.09 Å². The standard InChI is InChI=1S/C28H39N5O2/c1-28(2,3)35-27(34)31-13-12-30-20-22-6-9-24(10-7-22)26-11-8-23(18-25(26)19-29)21-33-15-5-14-32(4)16-17-33/h6-11,18,30H,5,12-17,20-21H2,1-4H3,(H,31,34). The first-order chi connectivity index (χ1) is 16.7. The molecule has 7 nitrogen and oxygen atoms in total. The summed E-state index contributed by atoms with van der Waals surface area (Å²) >= 11 is 0. The summed E-state index contributed by atoms with van der Waals surface area (Å²) in [6, 6.07) is 16.9. The van der Waals surface area contributed by atoms with Crippen LogP contribution < -0.4 is 10.6 Å². The van der Waals surface area contributed by atoms with E-state index < -0.39 is 11.7 Å². The molecule has 0 radical (unpaired) electrons. The van der Waals surface area contributed by atoms with Crippen molar-refractivity contribution in [3.05, 3.63) is 59.2 Å². The average molecular weight is 478 g/mol. The third-order valence-electron chi connectivity index (χ3n) is 5.99. The molecule has 35 heavy (non-hydrogen) atoms. The minimum Gasteiger partial charge on any atom is -0.444 e. The second-order valence-corrected chi connectivity index (χ2v) is 10.2. The Bertz CT molecular complexity index is 1010. The van der Waals surface area contributed by atoms with Crippen molar-refractivity contribution in [1.29, 1.82) is 5.26 Å². The number of rotatable bonds is 8. The molecule has 0 bridgehead atoms. The van der Waals surface area contributed by atoms with Crippen LogP contribution in [-0.2, 0) is 17.8 Å². The van der Waals surface area contributed by atoms with Crippen molar-refractivity contribution in [2.75, 3.05) is 46.3 Å². The minimum atomic E-state index is -0.491. The van der Waals surface area contributed by atoms with E-state index in [9.17, 15) is 10.1 Å². The van der Waals surface area contributed by atoms with Gasteiger partial charge in [-0.1, -0.05) is 36.4 Å². The Morgan fingerprint density at radius 2 is 1.77 bits per heavy atom. The zero-order valence-corrected chi connectivity index (χ0v) is 21.6. The molecule has 0 aromatic heterocycles. The normalized spacial score (nSPS) is 15.3. The summed E-state index contributed by atoms with van der Waals surface area (Å²) in [5, 5.41) is 15.9. The van der Waals surface area contributed by atoms with Crippen LogP contribution in [0.1, 0.15) is 43.9 Å². The molecular weight excluding hydrogens is 438 g/mol. The first kappa shape index (κ1) is 26.7. The van der Waals surface area contributed by atoms with E-state index in [4.69, 9.17) is 4.74 Å². The maximum absolute atomic E-state index is 11.7. The summed E-state index contributed by atoms with van der Waals surface area (Å²) in [4.78, 5) is 16.5. The molecule has 1 heterocycles. The number of carbonyl (C=O) groups is 1.